The summed E-state index contributed by atoms with van der Waals surface area (Å²) in [6.07, 6.45) is 0. The summed E-state index contributed by atoms with van der Waals surface area (Å²) in [5.74, 6) is 1.05. The van der Waals surface area contributed by atoms with Crippen LogP contribution < -0.4 is 9.47 Å². The molecule has 138 valence electrons. The predicted octanol–water partition coefficient (Wildman–Crippen LogP) is 6.56. The van der Waals surface area contributed by atoms with E-state index >= 15 is 0 Å². The van der Waals surface area contributed by atoms with Gasteiger partial charge in [-0.05, 0) is 34.5 Å². The Morgan fingerprint density at radius 3 is 2.46 bits per heavy atom. The van der Waals surface area contributed by atoms with Crippen molar-refractivity contribution in [3.8, 4) is 22.6 Å². The number of halogens is 1. The molecule has 0 saturated heterocycles. The van der Waals surface area contributed by atoms with Crippen LogP contribution in [0.15, 0.2) is 71.1 Å². The first-order chi connectivity index (χ1) is 13.7. The maximum atomic E-state index is 13.9. The SMILES string of the molecule is COc1cc(OC)c2c(c1)oc1c(-c3cccc(F)c3)cc3ccccc3c12. The summed E-state index contributed by atoms with van der Waals surface area (Å²) in [6.45, 7) is 0. The van der Waals surface area contributed by atoms with E-state index in [1.165, 1.54) is 12.1 Å². The lowest BCUT2D eigenvalue weighted by Crippen LogP contribution is -1.88. The molecule has 0 N–H and O–H groups in total. The largest absolute Gasteiger partial charge is 0.496 e. The van der Waals surface area contributed by atoms with E-state index in [1.54, 1.807) is 20.3 Å². The Kier molecular flexibility index (Phi) is 3.72. The van der Waals surface area contributed by atoms with E-state index in [0.717, 1.165) is 32.7 Å². The molecular formula is C24H17FO3. The zero-order valence-corrected chi connectivity index (χ0v) is 15.5. The summed E-state index contributed by atoms with van der Waals surface area (Å²) in [7, 11) is 3.24. The third-order valence-electron chi connectivity index (χ3n) is 5.09. The van der Waals surface area contributed by atoms with Crippen LogP contribution in [0.5, 0.6) is 11.5 Å². The second-order valence-electron chi connectivity index (χ2n) is 6.66. The number of fused-ring (bicyclic) bond motifs is 5. The van der Waals surface area contributed by atoms with Gasteiger partial charge in [0.2, 0.25) is 0 Å². The highest BCUT2D eigenvalue weighted by molar-refractivity contribution is 6.24. The minimum Gasteiger partial charge on any atom is -0.496 e. The van der Waals surface area contributed by atoms with E-state index in [2.05, 4.69) is 6.07 Å². The minimum atomic E-state index is -0.283. The van der Waals surface area contributed by atoms with Gasteiger partial charge in [0.25, 0.3) is 0 Å². The van der Waals surface area contributed by atoms with Gasteiger partial charge in [0.15, 0.2) is 0 Å². The Morgan fingerprint density at radius 2 is 1.68 bits per heavy atom. The molecule has 0 aliphatic rings. The van der Waals surface area contributed by atoms with E-state index < -0.39 is 0 Å². The fourth-order valence-electron chi connectivity index (χ4n) is 3.83. The average molecular weight is 372 g/mol. The second-order valence-corrected chi connectivity index (χ2v) is 6.66. The molecule has 0 radical (unpaired) electrons. The van der Waals surface area contributed by atoms with Gasteiger partial charge < -0.3 is 13.9 Å². The van der Waals surface area contributed by atoms with Crippen molar-refractivity contribution in [2.45, 2.75) is 0 Å². The summed E-state index contributed by atoms with van der Waals surface area (Å²) >= 11 is 0. The van der Waals surface area contributed by atoms with Gasteiger partial charge in [-0.1, -0.05) is 36.4 Å². The molecule has 1 heterocycles. The van der Waals surface area contributed by atoms with E-state index in [1.807, 2.05) is 42.5 Å². The van der Waals surface area contributed by atoms with Gasteiger partial charge in [-0.2, -0.15) is 0 Å². The van der Waals surface area contributed by atoms with Gasteiger partial charge >= 0.3 is 0 Å². The standard InChI is InChI=1S/C24H17FO3/c1-26-17-12-20(27-2)23-21(13-17)28-24-19(14-7-5-8-16(25)10-14)11-15-6-3-4-9-18(15)22(23)24/h3-13H,1-2H3. The highest BCUT2D eigenvalue weighted by atomic mass is 19.1. The lowest BCUT2D eigenvalue weighted by molar-refractivity contribution is 0.397. The zero-order valence-electron chi connectivity index (χ0n) is 15.5. The zero-order chi connectivity index (χ0) is 19.3. The van der Waals surface area contributed by atoms with Crippen LogP contribution in [-0.2, 0) is 0 Å². The first kappa shape index (κ1) is 16.6. The molecule has 0 unspecified atom stereocenters. The van der Waals surface area contributed by atoms with Crippen molar-refractivity contribution >= 4 is 32.7 Å². The van der Waals surface area contributed by atoms with Crippen LogP contribution in [0.4, 0.5) is 4.39 Å². The molecule has 5 rings (SSSR count). The van der Waals surface area contributed by atoms with Gasteiger partial charge in [-0.15, -0.1) is 0 Å². The van der Waals surface area contributed by atoms with Crippen LogP contribution in [0.3, 0.4) is 0 Å². The van der Waals surface area contributed by atoms with Crippen molar-refractivity contribution in [3.05, 3.63) is 72.5 Å². The molecule has 0 spiro atoms. The third kappa shape index (κ3) is 2.42. The fourth-order valence-corrected chi connectivity index (χ4v) is 3.83. The fraction of sp³-hybridized carbons (Fsp3) is 0.0833. The van der Waals surface area contributed by atoms with E-state index in [4.69, 9.17) is 13.9 Å². The highest BCUT2D eigenvalue weighted by Crippen LogP contribution is 2.45. The van der Waals surface area contributed by atoms with Crippen molar-refractivity contribution in [2.75, 3.05) is 14.2 Å². The van der Waals surface area contributed by atoms with Crippen molar-refractivity contribution in [3.63, 3.8) is 0 Å². The first-order valence-corrected chi connectivity index (χ1v) is 8.95. The molecule has 0 amide bonds. The minimum absolute atomic E-state index is 0.283. The summed E-state index contributed by atoms with van der Waals surface area (Å²) in [6, 6.07) is 20.4. The molecule has 0 fully saturated rings. The average Bonchev–Trinajstić information content (AvgIpc) is 3.12. The second kappa shape index (κ2) is 6.27. The molecule has 0 aliphatic heterocycles. The lowest BCUT2D eigenvalue weighted by atomic mass is 9.96. The van der Waals surface area contributed by atoms with Crippen LogP contribution >= 0.6 is 0 Å². The monoisotopic (exact) mass is 372 g/mol. The Labute approximate surface area is 160 Å². The number of hydrogen-bond acceptors (Lipinski definition) is 3. The molecule has 0 aliphatic carbocycles. The maximum absolute atomic E-state index is 13.9. The Balaban J connectivity index is 2.01. The summed E-state index contributed by atoms with van der Waals surface area (Å²) in [4.78, 5) is 0. The normalized spacial score (nSPS) is 11.4. The summed E-state index contributed by atoms with van der Waals surface area (Å²) in [5.41, 5.74) is 2.97. The van der Waals surface area contributed by atoms with E-state index in [9.17, 15) is 4.39 Å². The van der Waals surface area contributed by atoms with Gasteiger partial charge in [-0.25, -0.2) is 4.39 Å². The quantitative estimate of drug-likeness (QED) is 0.359. The Hall–Kier alpha value is -3.53. The van der Waals surface area contributed by atoms with Crippen LogP contribution in [0.25, 0.3) is 43.8 Å². The number of ether oxygens (including phenoxy) is 2. The Morgan fingerprint density at radius 1 is 0.821 bits per heavy atom. The maximum Gasteiger partial charge on any atom is 0.144 e. The molecule has 4 aromatic carbocycles. The lowest BCUT2D eigenvalue weighted by Gasteiger charge is -2.08. The smallest absolute Gasteiger partial charge is 0.144 e. The highest BCUT2D eigenvalue weighted by Gasteiger charge is 2.20. The number of benzene rings is 4. The first-order valence-electron chi connectivity index (χ1n) is 8.95. The van der Waals surface area contributed by atoms with Crippen LogP contribution in [0.2, 0.25) is 0 Å². The summed E-state index contributed by atoms with van der Waals surface area (Å²) < 4.78 is 31.2. The third-order valence-corrected chi connectivity index (χ3v) is 5.09. The molecule has 0 atom stereocenters. The molecule has 28 heavy (non-hydrogen) atoms. The number of rotatable bonds is 3. The predicted molar refractivity (Wildman–Crippen MR) is 110 cm³/mol. The van der Waals surface area contributed by atoms with Gasteiger partial charge in [0.05, 0.1) is 19.6 Å². The van der Waals surface area contributed by atoms with Gasteiger partial charge in [0, 0.05) is 23.1 Å². The molecular weight excluding hydrogens is 355 g/mol. The topological polar surface area (TPSA) is 31.6 Å². The summed E-state index contributed by atoms with van der Waals surface area (Å²) in [5, 5.41) is 3.94. The number of methoxy groups -OCH3 is 2. The molecule has 4 heteroatoms. The molecule has 3 nitrogen and oxygen atoms in total. The molecule has 5 aromatic rings. The van der Waals surface area contributed by atoms with Crippen molar-refractivity contribution in [1.29, 1.82) is 0 Å². The van der Waals surface area contributed by atoms with Crippen LogP contribution in [0, 0.1) is 5.82 Å². The van der Waals surface area contributed by atoms with Crippen molar-refractivity contribution in [2.24, 2.45) is 0 Å². The van der Waals surface area contributed by atoms with Crippen LogP contribution in [0.1, 0.15) is 0 Å². The van der Waals surface area contributed by atoms with Gasteiger partial charge in [-0.3, -0.25) is 0 Å². The Bertz CT molecular complexity index is 1350. The van der Waals surface area contributed by atoms with E-state index in [-0.39, 0.29) is 5.82 Å². The number of furan rings is 1. The van der Waals surface area contributed by atoms with Crippen LogP contribution in [-0.4, -0.2) is 14.2 Å². The molecule has 1 aromatic heterocycles. The van der Waals surface area contributed by atoms with E-state index in [0.29, 0.717) is 22.7 Å². The molecule has 0 saturated carbocycles. The number of hydrogen-bond donors (Lipinski definition) is 0. The van der Waals surface area contributed by atoms with Gasteiger partial charge in [0.1, 0.15) is 28.5 Å². The molecule has 0 bridgehead atoms. The van der Waals surface area contributed by atoms with Crippen molar-refractivity contribution < 1.29 is 18.3 Å². The van der Waals surface area contributed by atoms with Crippen molar-refractivity contribution in [1.82, 2.24) is 0 Å².